The monoisotopic (exact) mass is 239 g/mol. The highest BCUT2D eigenvalue weighted by molar-refractivity contribution is 5.81. The van der Waals surface area contributed by atoms with E-state index in [4.69, 9.17) is 5.73 Å². The minimum Gasteiger partial charge on any atom is -0.354 e. The molecule has 2 unspecified atom stereocenters. The zero-order chi connectivity index (χ0) is 12.8. The van der Waals surface area contributed by atoms with Gasteiger partial charge in [0.1, 0.15) is 0 Å². The van der Waals surface area contributed by atoms with Crippen molar-refractivity contribution in [2.24, 2.45) is 17.6 Å². The minimum absolute atomic E-state index is 0.00188. The molecule has 96 valence electrons. The average molecular weight is 239 g/mol. The summed E-state index contributed by atoms with van der Waals surface area (Å²) in [5.41, 5.74) is 5.67. The Hall–Kier alpha value is -1.36. The molecule has 0 aromatic heterocycles. The van der Waals surface area contributed by atoms with Gasteiger partial charge in [-0.15, -0.1) is 0 Å². The molecule has 0 spiro atoms. The van der Waals surface area contributed by atoms with Gasteiger partial charge in [0.2, 0.25) is 11.8 Å². The number of carbonyl (C=O) groups is 2. The van der Waals surface area contributed by atoms with E-state index in [1.165, 1.54) is 0 Å². The summed E-state index contributed by atoms with van der Waals surface area (Å²) >= 11 is 0. The lowest BCUT2D eigenvalue weighted by Gasteiger charge is -2.11. The second-order valence-electron chi connectivity index (χ2n) is 4.63. The van der Waals surface area contributed by atoms with Gasteiger partial charge in [-0.2, -0.15) is 0 Å². The SMILES string of the molecule is CC(C)C(=O)NCCNC(=O)C1C=CC(N)C1. The van der Waals surface area contributed by atoms with E-state index in [0.717, 1.165) is 0 Å². The molecule has 2 amide bonds. The maximum atomic E-state index is 11.6. The van der Waals surface area contributed by atoms with Gasteiger partial charge in [-0.05, 0) is 6.42 Å². The third-order valence-electron chi connectivity index (χ3n) is 2.70. The minimum atomic E-state index is -0.120. The van der Waals surface area contributed by atoms with Gasteiger partial charge < -0.3 is 16.4 Å². The Labute approximate surface area is 102 Å². The van der Waals surface area contributed by atoms with Crippen LogP contribution in [-0.4, -0.2) is 30.9 Å². The summed E-state index contributed by atoms with van der Waals surface area (Å²) in [5.74, 6) is -0.165. The van der Waals surface area contributed by atoms with Gasteiger partial charge in [0.15, 0.2) is 0 Å². The van der Waals surface area contributed by atoms with Crippen molar-refractivity contribution in [1.82, 2.24) is 10.6 Å². The van der Waals surface area contributed by atoms with Crippen LogP contribution in [0.5, 0.6) is 0 Å². The highest BCUT2D eigenvalue weighted by Crippen LogP contribution is 2.15. The number of nitrogens with two attached hydrogens (primary N) is 1. The van der Waals surface area contributed by atoms with Gasteiger partial charge in [-0.25, -0.2) is 0 Å². The van der Waals surface area contributed by atoms with Crippen molar-refractivity contribution in [3.05, 3.63) is 12.2 Å². The van der Waals surface area contributed by atoms with Crippen molar-refractivity contribution < 1.29 is 9.59 Å². The van der Waals surface area contributed by atoms with Crippen molar-refractivity contribution in [3.8, 4) is 0 Å². The molecule has 0 saturated carbocycles. The van der Waals surface area contributed by atoms with Crippen LogP contribution in [0, 0.1) is 11.8 Å². The lowest BCUT2D eigenvalue weighted by Crippen LogP contribution is -2.38. The number of carbonyl (C=O) groups excluding carboxylic acids is 2. The Morgan fingerprint density at radius 2 is 1.94 bits per heavy atom. The van der Waals surface area contributed by atoms with E-state index in [2.05, 4.69) is 10.6 Å². The molecule has 0 aromatic carbocycles. The smallest absolute Gasteiger partial charge is 0.227 e. The van der Waals surface area contributed by atoms with Crippen LogP contribution in [0.3, 0.4) is 0 Å². The summed E-state index contributed by atoms with van der Waals surface area (Å²) in [5, 5.41) is 5.52. The Balaban J connectivity index is 2.13. The first-order valence-corrected chi connectivity index (χ1v) is 6.00. The molecule has 0 bridgehead atoms. The lowest BCUT2D eigenvalue weighted by molar-refractivity contribution is -0.125. The van der Waals surface area contributed by atoms with Crippen LogP contribution in [0.4, 0.5) is 0 Å². The van der Waals surface area contributed by atoms with Crippen LogP contribution in [0.25, 0.3) is 0 Å². The maximum absolute atomic E-state index is 11.6. The van der Waals surface area contributed by atoms with Crippen LogP contribution >= 0.6 is 0 Å². The predicted octanol–water partition coefficient (Wildman–Crippen LogP) is -0.222. The van der Waals surface area contributed by atoms with Crippen molar-refractivity contribution >= 4 is 11.8 Å². The molecule has 1 rings (SSSR count). The summed E-state index contributed by atoms with van der Waals surface area (Å²) in [6.07, 6.45) is 4.36. The van der Waals surface area contributed by atoms with E-state index in [1.807, 2.05) is 26.0 Å². The van der Waals surface area contributed by atoms with Gasteiger partial charge in [0.25, 0.3) is 0 Å². The molecule has 0 fully saturated rings. The van der Waals surface area contributed by atoms with E-state index in [0.29, 0.717) is 19.5 Å². The predicted molar refractivity (Wildman–Crippen MR) is 66.1 cm³/mol. The fourth-order valence-corrected chi connectivity index (χ4v) is 1.63. The first kappa shape index (κ1) is 13.7. The van der Waals surface area contributed by atoms with E-state index in [9.17, 15) is 9.59 Å². The van der Waals surface area contributed by atoms with Crippen molar-refractivity contribution in [1.29, 1.82) is 0 Å². The Kier molecular flexibility index (Phi) is 5.15. The molecule has 0 aromatic rings. The molecule has 0 saturated heterocycles. The molecular weight excluding hydrogens is 218 g/mol. The summed E-state index contributed by atoms with van der Waals surface area (Å²) in [6.45, 7) is 4.58. The summed E-state index contributed by atoms with van der Waals surface area (Å²) in [7, 11) is 0. The summed E-state index contributed by atoms with van der Waals surface area (Å²) in [4.78, 5) is 22.9. The number of rotatable bonds is 5. The average Bonchev–Trinajstić information content (AvgIpc) is 2.70. The quantitative estimate of drug-likeness (QED) is 0.458. The van der Waals surface area contributed by atoms with Gasteiger partial charge in [0, 0.05) is 25.0 Å². The molecule has 1 aliphatic carbocycles. The number of hydrogen-bond acceptors (Lipinski definition) is 3. The standard InChI is InChI=1S/C12H21N3O2/c1-8(2)11(16)14-5-6-15-12(17)9-3-4-10(13)7-9/h3-4,8-10H,5-7,13H2,1-2H3,(H,14,16)(H,15,17). The molecule has 2 atom stereocenters. The van der Waals surface area contributed by atoms with Crippen LogP contribution in [0.15, 0.2) is 12.2 Å². The fraction of sp³-hybridized carbons (Fsp3) is 0.667. The third kappa shape index (κ3) is 4.56. The third-order valence-corrected chi connectivity index (χ3v) is 2.70. The lowest BCUT2D eigenvalue weighted by atomic mass is 10.1. The van der Waals surface area contributed by atoms with Gasteiger partial charge in [-0.1, -0.05) is 26.0 Å². The van der Waals surface area contributed by atoms with Crippen molar-refractivity contribution in [2.75, 3.05) is 13.1 Å². The van der Waals surface area contributed by atoms with E-state index in [1.54, 1.807) is 0 Å². The van der Waals surface area contributed by atoms with E-state index in [-0.39, 0.29) is 29.7 Å². The largest absolute Gasteiger partial charge is 0.354 e. The topological polar surface area (TPSA) is 84.2 Å². The highest BCUT2D eigenvalue weighted by atomic mass is 16.2. The Morgan fingerprint density at radius 1 is 1.29 bits per heavy atom. The molecule has 17 heavy (non-hydrogen) atoms. The van der Waals surface area contributed by atoms with E-state index >= 15 is 0 Å². The number of hydrogen-bond donors (Lipinski definition) is 3. The van der Waals surface area contributed by atoms with Crippen molar-refractivity contribution in [2.45, 2.75) is 26.3 Å². The number of nitrogens with one attached hydrogen (secondary N) is 2. The summed E-state index contributed by atoms with van der Waals surface area (Å²) in [6, 6.07) is -0.00797. The zero-order valence-corrected chi connectivity index (χ0v) is 10.4. The molecule has 5 nitrogen and oxygen atoms in total. The van der Waals surface area contributed by atoms with Crippen molar-refractivity contribution in [3.63, 3.8) is 0 Å². The maximum Gasteiger partial charge on any atom is 0.227 e. The van der Waals surface area contributed by atoms with Crippen LogP contribution in [0.2, 0.25) is 0 Å². The molecule has 5 heteroatoms. The molecular formula is C12H21N3O2. The Bertz CT molecular complexity index is 313. The normalized spacial score (nSPS) is 22.8. The molecule has 0 radical (unpaired) electrons. The molecule has 1 aliphatic rings. The van der Waals surface area contributed by atoms with Gasteiger partial charge >= 0.3 is 0 Å². The molecule has 0 aliphatic heterocycles. The second-order valence-corrected chi connectivity index (χ2v) is 4.63. The van der Waals surface area contributed by atoms with E-state index < -0.39 is 0 Å². The molecule has 0 heterocycles. The number of amides is 2. The first-order valence-electron chi connectivity index (χ1n) is 6.00. The second kappa shape index (κ2) is 6.39. The van der Waals surface area contributed by atoms with Crippen LogP contribution in [-0.2, 0) is 9.59 Å². The highest BCUT2D eigenvalue weighted by Gasteiger charge is 2.22. The zero-order valence-electron chi connectivity index (χ0n) is 10.4. The fourth-order valence-electron chi connectivity index (χ4n) is 1.63. The first-order chi connectivity index (χ1) is 8.00. The van der Waals surface area contributed by atoms with Gasteiger partial charge in [0.05, 0.1) is 5.92 Å². The summed E-state index contributed by atoms with van der Waals surface area (Å²) < 4.78 is 0. The van der Waals surface area contributed by atoms with Crippen LogP contribution < -0.4 is 16.4 Å². The van der Waals surface area contributed by atoms with Gasteiger partial charge in [-0.3, -0.25) is 9.59 Å². The Morgan fingerprint density at radius 3 is 2.47 bits per heavy atom. The van der Waals surface area contributed by atoms with Crippen LogP contribution in [0.1, 0.15) is 20.3 Å². The molecule has 4 N–H and O–H groups in total.